The first-order chi connectivity index (χ1) is 10.1. The first-order valence-corrected chi connectivity index (χ1v) is 8.40. The summed E-state index contributed by atoms with van der Waals surface area (Å²) < 4.78 is 13.5. The van der Waals surface area contributed by atoms with Crippen molar-refractivity contribution in [3.63, 3.8) is 0 Å². The van der Waals surface area contributed by atoms with Gasteiger partial charge in [-0.05, 0) is 19.1 Å². The van der Waals surface area contributed by atoms with Gasteiger partial charge in [-0.25, -0.2) is 4.68 Å². The van der Waals surface area contributed by atoms with E-state index in [4.69, 9.17) is 0 Å². The molecule has 0 saturated carbocycles. The van der Waals surface area contributed by atoms with E-state index in [0.717, 1.165) is 16.9 Å². The Labute approximate surface area is 125 Å². The second-order valence-electron chi connectivity index (χ2n) is 5.15. The van der Waals surface area contributed by atoms with Gasteiger partial charge in [-0.15, -0.1) is 0 Å². The monoisotopic (exact) mass is 303 g/mol. The summed E-state index contributed by atoms with van der Waals surface area (Å²) in [5, 5.41) is 7.44. The molecule has 0 aliphatic carbocycles. The van der Waals surface area contributed by atoms with Gasteiger partial charge in [0, 0.05) is 22.8 Å². The SMILES string of the molecule is CCC(=O)Nc1c2c(nn1-c1ccc(C)cc1)C[S@@](=O)C2. The molecular weight excluding hydrogens is 286 g/mol. The van der Waals surface area contributed by atoms with Crippen molar-refractivity contribution in [3.05, 3.63) is 41.1 Å². The summed E-state index contributed by atoms with van der Waals surface area (Å²) in [4.78, 5) is 11.8. The Morgan fingerprint density at radius 1 is 1.33 bits per heavy atom. The normalized spacial score (nSPS) is 16.8. The van der Waals surface area contributed by atoms with Crippen LogP contribution in [0.2, 0.25) is 0 Å². The fourth-order valence-electron chi connectivity index (χ4n) is 2.35. The van der Waals surface area contributed by atoms with E-state index >= 15 is 0 Å². The van der Waals surface area contributed by atoms with Crippen molar-refractivity contribution in [3.8, 4) is 5.69 Å². The van der Waals surface area contributed by atoms with Crippen LogP contribution in [0.3, 0.4) is 0 Å². The largest absolute Gasteiger partial charge is 0.310 e. The van der Waals surface area contributed by atoms with Gasteiger partial charge in [-0.1, -0.05) is 24.6 Å². The number of anilines is 1. The zero-order valence-electron chi connectivity index (χ0n) is 12.0. The lowest BCUT2D eigenvalue weighted by Gasteiger charge is -2.10. The molecule has 2 aromatic rings. The lowest BCUT2D eigenvalue weighted by molar-refractivity contribution is -0.115. The van der Waals surface area contributed by atoms with E-state index in [2.05, 4.69) is 10.4 Å². The summed E-state index contributed by atoms with van der Waals surface area (Å²) in [5.74, 6) is 1.51. The van der Waals surface area contributed by atoms with Crippen molar-refractivity contribution >= 4 is 22.5 Å². The van der Waals surface area contributed by atoms with E-state index in [0.29, 0.717) is 23.7 Å². The third-order valence-electron chi connectivity index (χ3n) is 3.53. The van der Waals surface area contributed by atoms with Crippen LogP contribution in [0.15, 0.2) is 24.3 Å². The molecule has 0 unspecified atom stereocenters. The molecule has 1 atom stereocenters. The van der Waals surface area contributed by atoms with Crippen LogP contribution in [-0.2, 0) is 27.1 Å². The van der Waals surface area contributed by atoms with Crippen molar-refractivity contribution in [2.45, 2.75) is 31.8 Å². The molecule has 21 heavy (non-hydrogen) atoms. The first kappa shape index (κ1) is 14.0. The number of carbonyl (C=O) groups excluding carboxylic acids is 1. The highest BCUT2D eigenvalue weighted by molar-refractivity contribution is 7.83. The van der Waals surface area contributed by atoms with Gasteiger partial charge in [0.15, 0.2) is 0 Å². The second-order valence-corrected chi connectivity index (χ2v) is 6.61. The summed E-state index contributed by atoms with van der Waals surface area (Å²) in [6.07, 6.45) is 0.400. The zero-order valence-corrected chi connectivity index (χ0v) is 12.9. The molecule has 0 fully saturated rings. The summed E-state index contributed by atoms with van der Waals surface area (Å²) in [6, 6.07) is 7.95. The van der Waals surface area contributed by atoms with E-state index in [-0.39, 0.29) is 5.91 Å². The van der Waals surface area contributed by atoms with Gasteiger partial charge in [-0.2, -0.15) is 5.10 Å². The van der Waals surface area contributed by atoms with Gasteiger partial charge in [0.05, 0.1) is 22.9 Å². The van der Waals surface area contributed by atoms with Gasteiger partial charge in [0.1, 0.15) is 5.82 Å². The van der Waals surface area contributed by atoms with E-state index in [1.807, 2.05) is 31.2 Å². The van der Waals surface area contributed by atoms with Crippen LogP contribution >= 0.6 is 0 Å². The number of nitrogens with one attached hydrogen (secondary N) is 1. The molecule has 110 valence electrons. The lowest BCUT2D eigenvalue weighted by atomic mass is 10.2. The Kier molecular flexibility index (Phi) is 3.63. The molecule has 1 aromatic carbocycles. The molecular formula is C15H17N3O2S. The fraction of sp³-hybridized carbons (Fsp3) is 0.333. The highest BCUT2D eigenvalue weighted by atomic mass is 32.2. The Morgan fingerprint density at radius 2 is 2.05 bits per heavy atom. The second kappa shape index (κ2) is 5.44. The highest BCUT2D eigenvalue weighted by Gasteiger charge is 2.27. The quantitative estimate of drug-likeness (QED) is 0.946. The number of hydrogen-bond acceptors (Lipinski definition) is 3. The third kappa shape index (κ3) is 2.63. The Bertz CT molecular complexity index is 719. The minimum Gasteiger partial charge on any atom is -0.310 e. The summed E-state index contributed by atoms with van der Waals surface area (Å²) >= 11 is 0. The minimum absolute atomic E-state index is 0.0660. The molecule has 0 radical (unpaired) electrons. The Balaban J connectivity index is 2.08. The minimum atomic E-state index is -0.911. The third-order valence-corrected chi connectivity index (χ3v) is 4.73. The van der Waals surface area contributed by atoms with Crippen molar-refractivity contribution in [2.24, 2.45) is 0 Å². The molecule has 2 heterocycles. The summed E-state index contributed by atoms with van der Waals surface area (Å²) in [5.41, 5.74) is 3.78. The predicted molar refractivity (Wildman–Crippen MR) is 82.8 cm³/mol. The van der Waals surface area contributed by atoms with Crippen LogP contribution < -0.4 is 5.32 Å². The van der Waals surface area contributed by atoms with Crippen LogP contribution in [0.25, 0.3) is 5.69 Å². The maximum absolute atomic E-state index is 11.8. The van der Waals surface area contributed by atoms with Gasteiger partial charge in [0.2, 0.25) is 5.91 Å². The number of carbonyl (C=O) groups is 1. The van der Waals surface area contributed by atoms with Crippen LogP contribution in [0.4, 0.5) is 5.82 Å². The number of rotatable bonds is 3. The molecule has 1 N–H and O–H groups in total. The molecule has 1 aliphatic rings. The lowest BCUT2D eigenvalue weighted by Crippen LogP contribution is -2.15. The number of amides is 1. The first-order valence-electron chi connectivity index (χ1n) is 6.91. The maximum Gasteiger partial charge on any atom is 0.225 e. The molecule has 1 aliphatic heterocycles. The van der Waals surface area contributed by atoms with Crippen LogP contribution in [0.5, 0.6) is 0 Å². The smallest absolute Gasteiger partial charge is 0.225 e. The highest BCUT2D eigenvalue weighted by Crippen LogP contribution is 2.31. The topological polar surface area (TPSA) is 64.0 Å². The Morgan fingerprint density at radius 3 is 2.71 bits per heavy atom. The molecule has 6 heteroatoms. The average molecular weight is 303 g/mol. The molecule has 3 rings (SSSR count). The molecule has 0 saturated heterocycles. The molecule has 0 spiro atoms. The van der Waals surface area contributed by atoms with Gasteiger partial charge in [0.25, 0.3) is 0 Å². The molecule has 1 aromatic heterocycles. The van der Waals surface area contributed by atoms with Crippen molar-refractivity contribution in [1.82, 2.24) is 9.78 Å². The summed E-state index contributed by atoms with van der Waals surface area (Å²) in [7, 11) is -0.911. The number of nitrogens with zero attached hydrogens (tertiary/aromatic N) is 2. The van der Waals surface area contributed by atoms with Crippen LogP contribution in [-0.4, -0.2) is 19.9 Å². The predicted octanol–water partition coefficient (Wildman–Crippen LogP) is 2.29. The van der Waals surface area contributed by atoms with Crippen LogP contribution in [0, 0.1) is 6.92 Å². The fourth-order valence-corrected chi connectivity index (χ4v) is 3.61. The number of benzene rings is 1. The van der Waals surface area contributed by atoms with Crippen LogP contribution in [0.1, 0.15) is 30.2 Å². The van der Waals surface area contributed by atoms with E-state index in [9.17, 15) is 9.00 Å². The van der Waals surface area contributed by atoms with Gasteiger partial charge >= 0.3 is 0 Å². The van der Waals surface area contributed by atoms with E-state index < -0.39 is 10.8 Å². The van der Waals surface area contributed by atoms with Crippen molar-refractivity contribution < 1.29 is 9.00 Å². The standard InChI is InChI=1S/C15H17N3O2S/c1-3-14(19)16-15-12-8-21(20)9-13(12)17-18(15)11-6-4-10(2)5-7-11/h4-7H,3,8-9H2,1-2H3,(H,16,19)/t21-/m0/s1. The number of aryl methyl sites for hydroxylation is 1. The number of fused-ring (bicyclic) bond motifs is 1. The maximum atomic E-state index is 11.8. The Hall–Kier alpha value is -1.95. The van der Waals surface area contributed by atoms with Gasteiger partial charge in [-0.3, -0.25) is 9.00 Å². The number of hydrogen-bond donors (Lipinski definition) is 1. The number of aromatic nitrogens is 2. The molecule has 0 bridgehead atoms. The zero-order chi connectivity index (χ0) is 15.0. The van der Waals surface area contributed by atoms with Crippen molar-refractivity contribution in [2.75, 3.05) is 5.32 Å². The molecule has 1 amide bonds. The summed E-state index contributed by atoms with van der Waals surface area (Å²) in [6.45, 7) is 3.83. The van der Waals surface area contributed by atoms with Gasteiger partial charge < -0.3 is 5.32 Å². The van der Waals surface area contributed by atoms with Crippen molar-refractivity contribution in [1.29, 1.82) is 0 Å². The average Bonchev–Trinajstić information content (AvgIpc) is 2.97. The van der Waals surface area contributed by atoms with E-state index in [1.54, 1.807) is 11.6 Å². The van der Waals surface area contributed by atoms with E-state index in [1.165, 1.54) is 5.56 Å². The molecule has 5 nitrogen and oxygen atoms in total.